The molecule has 4 heteroatoms. The summed E-state index contributed by atoms with van der Waals surface area (Å²) in [5.74, 6) is 0. The summed E-state index contributed by atoms with van der Waals surface area (Å²) < 4.78 is 0. The van der Waals surface area contributed by atoms with Gasteiger partial charge in [-0.15, -0.1) is 11.3 Å². The smallest absolute Gasteiger partial charge is 0.0901 e. The lowest BCUT2D eigenvalue weighted by molar-refractivity contribution is 1.07. The molecular weight excluding hydrogens is 194 g/mol. The molecule has 0 aromatic carbocycles. The quantitative estimate of drug-likeness (QED) is 0.819. The molecular formula is C10H11N3S. The van der Waals surface area contributed by atoms with Gasteiger partial charge in [0.1, 0.15) is 0 Å². The number of rotatable bonds is 2. The Morgan fingerprint density at radius 1 is 1.57 bits per heavy atom. The zero-order valence-corrected chi connectivity index (χ0v) is 8.98. The highest BCUT2D eigenvalue weighted by Crippen LogP contribution is 2.26. The van der Waals surface area contributed by atoms with Crippen LogP contribution in [0.5, 0.6) is 0 Å². The molecule has 0 radical (unpaired) electrons. The van der Waals surface area contributed by atoms with Crippen LogP contribution in [0.1, 0.15) is 17.6 Å². The van der Waals surface area contributed by atoms with Crippen LogP contribution in [0.15, 0.2) is 18.2 Å². The molecule has 2 aromatic rings. The average Bonchev–Trinajstić information content (AvgIpc) is 2.70. The molecule has 2 aromatic heterocycles. The summed E-state index contributed by atoms with van der Waals surface area (Å²) >= 11 is 1.64. The van der Waals surface area contributed by atoms with Crippen molar-refractivity contribution in [3.05, 3.63) is 28.9 Å². The fourth-order valence-electron chi connectivity index (χ4n) is 1.29. The molecule has 1 N–H and O–H groups in total. The second-order valence-corrected chi connectivity index (χ2v) is 4.25. The maximum Gasteiger partial charge on any atom is 0.0901 e. The molecule has 72 valence electrons. The first-order chi connectivity index (χ1) is 6.68. The van der Waals surface area contributed by atoms with Crippen LogP contribution in [0.4, 0.5) is 0 Å². The van der Waals surface area contributed by atoms with Gasteiger partial charge in [-0.3, -0.25) is 5.10 Å². The Labute approximate surface area is 86.5 Å². The molecule has 0 saturated heterocycles. The first kappa shape index (κ1) is 9.15. The first-order valence-electron chi connectivity index (χ1n) is 4.30. The lowest BCUT2D eigenvalue weighted by Gasteiger charge is -1.97. The zero-order chi connectivity index (χ0) is 10.1. The van der Waals surface area contributed by atoms with Crippen LogP contribution in [-0.4, -0.2) is 15.2 Å². The maximum atomic E-state index is 4.41. The fraction of sp³-hybridized carbons (Fsp3) is 0.200. The van der Waals surface area contributed by atoms with Crippen LogP contribution in [0.3, 0.4) is 0 Å². The number of allylic oxidation sites excluding steroid dienone is 1. The lowest BCUT2D eigenvalue weighted by atomic mass is 10.1. The van der Waals surface area contributed by atoms with Gasteiger partial charge in [0.15, 0.2) is 0 Å². The summed E-state index contributed by atoms with van der Waals surface area (Å²) in [7, 11) is 0. The van der Waals surface area contributed by atoms with Gasteiger partial charge in [-0.05, 0) is 19.4 Å². The molecule has 14 heavy (non-hydrogen) atoms. The molecule has 0 aliphatic heterocycles. The fourth-order valence-corrected chi connectivity index (χ4v) is 1.91. The van der Waals surface area contributed by atoms with Crippen LogP contribution in [-0.2, 0) is 0 Å². The van der Waals surface area contributed by atoms with Gasteiger partial charge in [0.2, 0.25) is 0 Å². The van der Waals surface area contributed by atoms with E-state index in [0.717, 1.165) is 27.5 Å². The lowest BCUT2D eigenvalue weighted by Crippen LogP contribution is -1.83. The monoisotopic (exact) mass is 205 g/mol. The molecule has 0 bridgehead atoms. The Kier molecular flexibility index (Phi) is 2.21. The van der Waals surface area contributed by atoms with Crippen molar-refractivity contribution in [2.24, 2.45) is 0 Å². The minimum atomic E-state index is 0.968. The molecule has 0 amide bonds. The van der Waals surface area contributed by atoms with E-state index in [2.05, 4.69) is 21.8 Å². The maximum absolute atomic E-state index is 4.41. The van der Waals surface area contributed by atoms with Crippen molar-refractivity contribution < 1.29 is 0 Å². The summed E-state index contributed by atoms with van der Waals surface area (Å²) in [5, 5.41) is 10.0. The molecule has 2 rings (SSSR count). The summed E-state index contributed by atoms with van der Waals surface area (Å²) in [6.45, 7) is 7.84. The van der Waals surface area contributed by atoms with E-state index in [4.69, 9.17) is 0 Å². The molecule has 2 heterocycles. The van der Waals surface area contributed by atoms with Crippen LogP contribution in [0.25, 0.3) is 16.8 Å². The van der Waals surface area contributed by atoms with E-state index in [1.165, 1.54) is 0 Å². The Bertz CT molecular complexity index is 467. The Morgan fingerprint density at radius 2 is 2.36 bits per heavy atom. The first-order valence-corrected chi connectivity index (χ1v) is 5.18. The van der Waals surface area contributed by atoms with E-state index >= 15 is 0 Å². The molecule has 0 fully saturated rings. The van der Waals surface area contributed by atoms with Crippen molar-refractivity contribution in [3.8, 4) is 11.3 Å². The SMILES string of the molecule is C=C(C)c1[nH]ncc1-c1csc(C)n1. The van der Waals surface area contributed by atoms with Gasteiger partial charge in [-0.25, -0.2) is 4.98 Å². The third-order valence-corrected chi connectivity index (χ3v) is 2.73. The predicted octanol–water partition coefficient (Wildman–Crippen LogP) is 2.87. The van der Waals surface area contributed by atoms with Crippen molar-refractivity contribution >= 4 is 16.9 Å². The number of nitrogens with one attached hydrogen (secondary N) is 1. The van der Waals surface area contributed by atoms with Gasteiger partial charge in [-0.1, -0.05) is 6.58 Å². The van der Waals surface area contributed by atoms with Crippen molar-refractivity contribution in [1.29, 1.82) is 0 Å². The van der Waals surface area contributed by atoms with Crippen LogP contribution >= 0.6 is 11.3 Å². The Hall–Kier alpha value is -1.42. The van der Waals surface area contributed by atoms with Crippen LogP contribution in [0, 0.1) is 6.92 Å². The number of aryl methyl sites for hydroxylation is 1. The average molecular weight is 205 g/mol. The van der Waals surface area contributed by atoms with E-state index in [9.17, 15) is 0 Å². The Balaban J connectivity index is 2.51. The van der Waals surface area contributed by atoms with Gasteiger partial charge < -0.3 is 0 Å². The summed E-state index contributed by atoms with van der Waals surface area (Å²) in [6.07, 6.45) is 1.79. The highest BCUT2D eigenvalue weighted by molar-refractivity contribution is 7.09. The summed E-state index contributed by atoms with van der Waals surface area (Å²) in [6, 6.07) is 0. The molecule has 0 aliphatic carbocycles. The minimum Gasteiger partial charge on any atom is -0.277 e. The Morgan fingerprint density at radius 3 is 2.93 bits per heavy atom. The third kappa shape index (κ3) is 1.48. The van der Waals surface area contributed by atoms with Gasteiger partial charge in [0, 0.05) is 10.9 Å². The summed E-state index contributed by atoms with van der Waals surface area (Å²) in [5.41, 5.74) is 3.94. The number of aromatic nitrogens is 3. The van der Waals surface area contributed by atoms with Crippen molar-refractivity contribution in [2.75, 3.05) is 0 Å². The van der Waals surface area contributed by atoms with E-state index in [0.29, 0.717) is 0 Å². The largest absolute Gasteiger partial charge is 0.277 e. The third-order valence-electron chi connectivity index (χ3n) is 1.96. The van der Waals surface area contributed by atoms with Gasteiger partial charge in [-0.2, -0.15) is 5.10 Å². The highest BCUT2D eigenvalue weighted by Gasteiger charge is 2.10. The molecule has 0 atom stereocenters. The van der Waals surface area contributed by atoms with Gasteiger partial charge in [0.25, 0.3) is 0 Å². The number of H-pyrrole nitrogens is 1. The number of thiazole rings is 1. The van der Waals surface area contributed by atoms with E-state index < -0.39 is 0 Å². The number of aromatic amines is 1. The predicted molar refractivity (Wildman–Crippen MR) is 59.1 cm³/mol. The second kappa shape index (κ2) is 3.38. The normalized spacial score (nSPS) is 10.4. The van der Waals surface area contributed by atoms with E-state index in [1.54, 1.807) is 17.5 Å². The van der Waals surface area contributed by atoms with E-state index in [-0.39, 0.29) is 0 Å². The molecule has 0 unspecified atom stereocenters. The number of nitrogens with zero attached hydrogens (tertiary/aromatic N) is 2. The minimum absolute atomic E-state index is 0.968. The molecule has 0 aliphatic rings. The highest BCUT2D eigenvalue weighted by atomic mass is 32.1. The standard InChI is InChI=1S/C10H11N3S/c1-6(2)10-8(4-11-13-10)9-5-14-7(3)12-9/h4-5H,1H2,2-3H3,(H,11,13). The molecule has 3 nitrogen and oxygen atoms in total. The second-order valence-electron chi connectivity index (χ2n) is 3.19. The summed E-state index contributed by atoms with van der Waals surface area (Å²) in [4.78, 5) is 4.41. The zero-order valence-electron chi connectivity index (χ0n) is 8.16. The van der Waals surface area contributed by atoms with Crippen molar-refractivity contribution in [1.82, 2.24) is 15.2 Å². The van der Waals surface area contributed by atoms with Crippen molar-refractivity contribution in [2.45, 2.75) is 13.8 Å². The van der Waals surface area contributed by atoms with Crippen molar-refractivity contribution in [3.63, 3.8) is 0 Å². The molecule has 0 spiro atoms. The molecule has 0 saturated carbocycles. The topological polar surface area (TPSA) is 41.6 Å². The van der Waals surface area contributed by atoms with Gasteiger partial charge >= 0.3 is 0 Å². The van der Waals surface area contributed by atoms with Crippen LogP contribution in [0.2, 0.25) is 0 Å². The number of hydrogen-bond acceptors (Lipinski definition) is 3. The van der Waals surface area contributed by atoms with Crippen LogP contribution < -0.4 is 0 Å². The van der Waals surface area contributed by atoms with Gasteiger partial charge in [0.05, 0.1) is 22.6 Å². The van der Waals surface area contributed by atoms with E-state index in [1.807, 2.05) is 19.2 Å². The number of hydrogen-bond donors (Lipinski definition) is 1.